The topological polar surface area (TPSA) is 93.0 Å². The summed E-state index contributed by atoms with van der Waals surface area (Å²) in [5.41, 5.74) is 7.31. The van der Waals surface area contributed by atoms with Gasteiger partial charge in [-0.1, -0.05) is 6.92 Å². The van der Waals surface area contributed by atoms with E-state index in [1.807, 2.05) is 6.92 Å². The Morgan fingerprint density at radius 3 is 3.00 bits per heavy atom. The fourth-order valence-electron chi connectivity index (χ4n) is 1.68. The number of hydrogen-bond acceptors (Lipinski definition) is 4. The number of H-pyrrole nitrogens is 1. The van der Waals surface area contributed by atoms with E-state index in [9.17, 15) is 4.79 Å². The van der Waals surface area contributed by atoms with Crippen LogP contribution in [-0.2, 0) is 11.2 Å². The highest BCUT2D eigenvalue weighted by Gasteiger charge is 2.21. The minimum atomic E-state index is -0.251. The van der Waals surface area contributed by atoms with Gasteiger partial charge in [-0.05, 0) is 25.2 Å². The van der Waals surface area contributed by atoms with E-state index in [0.29, 0.717) is 18.8 Å². The molecule has 4 N–H and O–H groups in total. The molecule has 0 radical (unpaired) electrons. The molecule has 1 fully saturated rings. The van der Waals surface area contributed by atoms with Crippen LogP contribution in [0.5, 0.6) is 0 Å². The van der Waals surface area contributed by atoms with Gasteiger partial charge in [0.15, 0.2) is 5.69 Å². The average Bonchev–Trinajstić information content (AvgIpc) is 3.11. The summed E-state index contributed by atoms with van der Waals surface area (Å²) in [4.78, 5) is 11.8. The molecule has 18 heavy (non-hydrogen) atoms. The second kappa shape index (κ2) is 5.86. The van der Waals surface area contributed by atoms with Gasteiger partial charge in [0.05, 0.1) is 18.0 Å². The molecule has 1 saturated carbocycles. The zero-order valence-electron chi connectivity index (χ0n) is 10.7. The van der Waals surface area contributed by atoms with Gasteiger partial charge in [-0.3, -0.25) is 9.89 Å². The van der Waals surface area contributed by atoms with Gasteiger partial charge in [0.1, 0.15) is 0 Å². The lowest BCUT2D eigenvalue weighted by atomic mass is 10.2. The smallest absolute Gasteiger partial charge is 0.274 e. The molecule has 2 rings (SSSR count). The first kappa shape index (κ1) is 12.9. The van der Waals surface area contributed by atoms with Crippen LogP contribution < -0.4 is 11.1 Å². The summed E-state index contributed by atoms with van der Waals surface area (Å²) in [5.74, 6) is 0.494. The number of nitrogens with one attached hydrogen (secondary N) is 2. The lowest BCUT2D eigenvalue weighted by molar-refractivity contribution is 0.0902. The summed E-state index contributed by atoms with van der Waals surface area (Å²) >= 11 is 0. The van der Waals surface area contributed by atoms with Crippen LogP contribution in [-0.4, -0.2) is 35.9 Å². The number of nitrogen functional groups attached to an aromatic ring is 1. The van der Waals surface area contributed by atoms with Crippen LogP contribution in [0.4, 0.5) is 5.69 Å². The molecule has 1 amide bonds. The van der Waals surface area contributed by atoms with Crippen LogP contribution in [0.15, 0.2) is 0 Å². The second-order valence-electron chi connectivity index (χ2n) is 4.59. The fourth-order valence-corrected chi connectivity index (χ4v) is 1.68. The van der Waals surface area contributed by atoms with Crippen molar-refractivity contribution >= 4 is 11.6 Å². The molecule has 1 aliphatic rings. The first-order valence-electron chi connectivity index (χ1n) is 6.41. The molecule has 0 bridgehead atoms. The maximum atomic E-state index is 11.8. The third kappa shape index (κ3) is 3.22. The van der Waals surface area contributed by atoms with Gasteiger partial charge in [-0.25, -0.2) is 0 Å². The van der Waals surface area contributed by atoms with Crippen LogP contribution in [0.2, 0.25) is 0 Å². The molecule has 0 atom stereocenters. The van der Waals surface area contributed by atoms with Crippen LogP contribution in [0, 0.1) is 5.92 Å². The Kier molecular flexibility index (Phi) is 4.19. The summed E-state index contributed by atoms with van der Waals surface area (Å²) < 4.78 is 5.43. The molecule has 1 aromatic rings. The van der Waals surface area contributed by atoms with Crippen molar-refractivity contribution in [2.24, 2.45) is 5.92 Å². The third-order valence-electron chi connectivity index (χ3n) is 3.03. The standard InChI is InChI=1S/C12H20N4O2/c1-2-9-10(13)11(16-15-9)12(17)14-5-6-18-7-8-3-4-8/h8H,2-7,13H2,1H3,(H,14,17)(H,15,16). The number of ether oxygens (including phenoxy) is 1. The van der Waals surface area contributed by atoms with E-state index in [0.717, 1.165) is 24.6 Å². The zero-order chi connectivity index (χ0) is 13.0. The van der Waals surface area contributed by atoms with Crippen LogP contribution in [0.25, 0.3) is 0 Å². The molecule has 0 spiro atoms. The number of anilines is 1. The van der Waals surface area contributed by atoms with Crippen molar-refractivity contribution in [2.45, 2.75) is 26.2 Å². The van der Waals surface area contributed by atoms with Gasteiger partial charge in [-0.15, -0.1) is 0 Å². The Morgan fingerprint density at radius 2 is 2.39 bits per heavy atom. The Bertz CT molecular complexity index is 412. The number of carbonyl (C=O) groups excluding carboxylic acids is 1. The van der Waals surface area contributed by atoms with Crippen LogP contribution in [0.3, 0.4) is 0 Å². The number of hydrogen-bond donors (Lipinski definition) is 3. The van der Waals surface area contributed by atoms with Gasteiger partial charge in [0, 0.05) is 13.2 Å². The number of nitrogens with zero attached hydrogens (tertiary/aromatic N) is 1. The number of aryl methyl sites for hydroxylation is 1. The average molecular weight is 252 g/mol. The zero-order valence-corrected chi connectivity index (χ0v) is 10.7. The Labute approximate surface area is 106 Å². The van der Waals surface area contributed by atoms with E-state index < -0.39 is 0 Å². The van der Waals surface area contributed by atoms with Crippen LogP contribution in [0.1, 0.15) is 35.9 Å². The maximum absolute atomic E-state index is 11.8. The van der Waals surface area contributed by atoms with E-state index in [4.69, 9.17) is 10.5 Å². The van der Waals surface area contributed by atoms with Crippen molar-refractivity contribution < 1.29 is 9.53 Å². The highest BCUT2D eigenvalue weighted by Crippen LogP contribution is 2.28. The Balaban J connectivity index is 1.70. The van der Waals surface area contributed by atoms with Crippen molar-refractivity contribution in [1.29, 1.82) is 0 Å². The predicted molar refractivity (Wildman–Crippen MR) is 68.3 cm³/mol. The van der Waals surface area contributed by atoms with Gasteiger partial charge >= 0.3 is 0 Å². The summed E-state index contributed by atoms with van der Waals surface area (Å²) in [6.45, 7) is 3.78. The van der Waals surface area contributed by atoms with E-state index >= 15 is 0 Å². The summed E-state index contributed by atoms with van der Waals surface area (Å²) in [5, 5.41) is 9.43. The molecule has 1 heterocycles. The molecule has 100 valence electrons. The molecular formula is C12H20N4O2. The monoisotopic (exact) mass is 252 g/mol. The summed E-state index contributed by atoms with van der Waals surface area (Å²) in [6, 6.07) is 0. The number of carbonyl (C=O) groups is 1. The molecule has 1 aromatic heterocycles. The molecule has 6 nitrogen and oxygen atoms in total. The van der Waals surface area contributed by atoms with Crippen molar-refractivity contribution in [3.8, 4) is 0 Å². The molecule has 0 aliphatic heterocycles. The lowest BCUT2D eigenvalue weighted by Crippen LogP contribution is -2.28. The van der Waals surface area contributed by atoms with Crippen molar-refractivity contribution in [2.75, 3.05) is 25.5 Å². The first-order valence-corrected chi connectivity index (χ1v) is 6.41. The van der Waals surface area contributed by atoms with Gasteiger partial charge < -0.3 is 15.8 Å². The molecule has 0 saturated heterocycles. The molecule has 6 heteroatoms. The maximum Gasteiger partial charge on any atom is 0.274 e. The van der Waals surface area contributed by atoms with E-state index in [1.165, 1.54) is 12.8 Å². The minimum Gasteiger partial charge on any atom is -0.395 e. The van der Waals surface area contributed by atoms with Crippen molar-refractivity contribution in [3.63, 3.8) is 0 Å². The van der Waals surface area contributed by atoms with E-state index in [2.05, 4.69) is 15.5 Å². The number of rotatable bonds is 7. The minimum absolute atomic E-state index is 0.251. The summed E-state index contributed by atoms with van der Waals surface area (Å²) in [7, 11) is 0. The number of aromatic amines is 1. The number of nitrogens with two attached hydrogens (primary N) is 1. The Hall–Kier alpha value is -1.56. The van der Waals surface area contributed by atoms with Crippen LogP contribution >= 0.6 is 0 Å². The van der Waals surface area contributed by atoms with Gasteiger partial charge in [0.25, 0.3) is 5.91 Å². The molecule has 0 unspecified atom stereocenters. The van der Waals surface area contributed by atoms with E-state index in [1.54, 1.807) is 0 Å². The number of aromatic nitrogens is 2. The normalized spacial score (nSPS) is 14.7. The highest BCUT2D eigenvalue weighted by atomic mass is 16.5. The highest BCUT2D eigenvalue weighted by molar-refractivity contribution is 5.97. The van der Waals surface area contributed by atoms with E-state index in [-0.39, 0.29) is 11.6 Å². The first-order chi connectivity index (χ1) is 8.72. The molecule has 0 aromatic carbocycles. The lowest BCUT2D eigenvalue weighted by Gasteiger charge is -2.05. The molecular weight excluding hydrogens is 232 g/mol. The largest absolute Gasteiger partial charge is 0.395 e. The SMILES string of the molecule is CCc1[nH]nc(C(=O)NCCOCC2CC2)c1N. The quantitative estimate of drug-likeness (QED) is 0.623. The van der Waals surface area contributed by atoms with Crippen molar-refractivity contribution in [3.05, 3.63) is 11.4 Å². The van der Waals surface area contributed by atoms with Crippen molar-refractivity contribution in [1.82, 2.24) is 15.5 Å². The Morgan fingerprint density at radius 1 is 1.61 bits per heavy atom. The summed E-state index contributed by atoms with van der Waals surface area (Å²) in [6.07, 6.45) is 3.28. The van der Waals surface area contributed by atoms with Gasteiger partial charge in [-0.2, -0.15) is 5.10 Å². The van der Waals surface area contributed by atoms with Gasteiger partial charge in [0.2, 0.25) is 0 Å². The fraction of sp³-hybridized carbons (Fsp3) is 0.667. The second-order valence-corrected chi connectivity index (χ2v) is 4.59. The third-order valence-corrected chi connectivity index (χ3v) is 3.03. The molecule has 1 aliphatic carbocycles. The predicted octanol–water partition coefficient (Wildman–Crippen LogP) is 0.711. The number of amides is 1.